The summed E-state index contributed by atoms with van der Waals surface area (Å²) in [5, 5.41) is 15.3. The second kappa shape index (κ2) is 6.77. The van der Waals surface area contributed by atoms with Crippen LogP contribution in [0.2, 0.25) is 0 Å². The Kier molecular flexibility index (Phi) is 5.03. The van der Waals surface area contributed by atoms with Crippen molar-refractivity contribution in [3.8, 4) is 0 Å². The van der Waals surface area contributed by atoms with E-state index in [0.29, 0.717) is 20.9 Å². The van der Waals surface area contributed by atoms with Crippen molar-refractivity contribution < 1.29 is 19.2 Å². The number of aromatic carboxylic acids is 1. The summed E-state index contributed by atoms with van der Waals surface area (Å²) >= 11 is 4.41. The lowest BCUT2D eigenvalue weighted by atomic mass is 10.2. The predicted molar refractivity (Wildman–Crippen MR) is 81.7 cm³/mol. The largest absolute Gasteiger partial charge is 0.478 e. The van der Waals surface area contributed by atoms with E-state index in [1.165, 1.54) is 17.8 Å². The van der Waals surface area contributed by atoms with Crippen LogP contribution in [0, 0.1) is 6.92 Å². The molecule has 0 radical (unpaired) electrons. The van der Waals surface area contributed by atoms with Crippen LogP contribution in [0.25, 0.3) is 0 Å². The first kappa shape index (κ1) is 15.6. The molecule has 0 aliphatic rings. The van der Waals surface area contributed by atoms with Gasteiger partial charge in [-0.05, 0) is 41.1 Å². The minimum atomic E-state index is -1.02. The molecule has 0 unspecified atom stereocenters. The molecule has 110 valence electrons. The van der Waals surface area contributed by atoms with Crippen LogP contribution in [0.15, 0.2) is 38.2 Å². The first-order valence-electron chi connectivity index (χ1n) is 5.84. The molecular formula is C13H11BrN2O4S. The highest BCUT2D eigenvalue weighted by Crippen LogP contribution is 2.25. The fourth-order valence-corrected chi connectivity index (χ4v) is 2.66. The molecule has 0 aliphatic heterocycles. The van der Waals surface area contributed by atoms with Crippen molar-refractivity contribution in [2.45, 2.75) is 11.8 Å². The van der Waals surface area contributed by atoms with Gasteiger partial charge in [-0.15, -0.1) is 11.8 Å². The van der Waals surface area contributed by atoms with E-state index in [1.807, 2.05) is 0 Å². The second-order valence-corrected chi connectivity index (χ2v) is 6.01. The van der Waals surface area contributed by atoms with Crippen LogP contribution in [0.1, 0.15) is 16.1 Å². The third kappa shape index (κ3) is 4.33. The molecule has 8 heteroatoms. The maximum absolute atomic E-state index is 11.7. The molecule has 0 saturated carbocycles. The lowest BCUT2D eigenvalue weighted by Crippen LogP contribution is -2.14. The average molecular weight is 371 g/mol. The third-order valence-electron chi connectivity index (χ3n) is 2.43. The molecule has 0 aliphatic carbocycles. The summed E-state index contributed by atoms with van der Waals surface area (Å²) in [6, 6.07) is 6.52. The van der Waals surface area contributed by atoms with E-state index in [1.54, 1.807) is 25.1 Å². The Balaban J connectivity index is 1.95. The van der Waals surface area contributed by atoms with E-state index in [2.05, 4.69) is 26.4 Å². The fraction of sp³-hybridized carbons (Fsp3) is 0.154. The van der Waals surface area contributed by atoms with Crippen LogP contribution in [0.3, 0.4) is 0 Å². The van der Waals surface area contributed by atoms with Crippen molar-refractivity contribution >= 4 is 45.4 Å². The number of hydrogen-bond acceptors (Lipinski definition) is 5. The fourth-order valence-electron chi connectivity index (χ4n) is 1.51. The summed E-state index contributed by atoms with van der Waals surface area (Å²) in [6.45, 7) is 1.73. The molecule has 2 N–H and O–H groups in total. The molecule has 1 heterocycles. The van der Waals surface area contributed by atoms with E-state index in [0.717, 1.165) is 0 Å². The van der Waals surface area contributed by atoms with Crippen molar-refractivity contribution in [1.29, 1.82) is 0 Å². The molecule has 2 aromatic rings. The number of carboxylic acids is 1. The van der Waals surface area contributed by atoms with Crippen LogP contribution in [-0.2, 0) is 4.79 Å². The number of carbonyl (C=O) groups excluding carboxylic acids is 1. The number of carbonyl (C=O) groups is 2. The number of benzene rings is 1. The van der Waals surface area contributed by atoms with Gasteiger partial charge in [0.2, 0.25) is 5.91 Å². The number of nitrogens with zero attached hydrogens (tertiary/aromatic N) is 1. The van der Waals surface area contributed by atoms with E-state index >= 15 is 0 Å². The van der Waals surface area contributed by atoms with E-state index in [9.17, 15) is 9.59 Å². The Morgan fingerprint density at radius 2 is 2.19 bits per heavy atom. The zero-order valence-electron chi connectivity index (χ0n) is 10.9. The Labute approximate surface area is 133 Å². The molecule has 0 bridgehead atoms. The number of nitrogens with one attached hydrogen (secondary N) is 1. The number of hydrogen-bond donors (Lipinski definition) is 2. The van der Waals surface area contributed by atoms with Gasteiger partial charge in [-0.1, -0.05) is 5.16 Å². The first-order chi connectivity index (χ1) is 9.95. The number of thioether (sulfide) groups is 1. The first-order valence-corrected chi connectivity index (χ1v) is 7.62. The number of anilines is 1. The lowest BCUT2D eigenvalue weighted by molar-refractivity contribution is -0.113. The summed E-state index contributed by atoms with van der Waals surface area (Å²) in [6.07, 6.45) is 0. The maximum atomic E-state index is 11.7. The van der Waals surface area contributed by atoms with Gasteiger partial charge in [-0.2, -0.15) is 0 Å². The summed E-state index contributed by atoms with van der Waals surface area (Å²) in [5.74, 6) is -0.149. The average Bonchev–Trinajstić information content (AvgIpc) is 2.82. The molecule has 21 heavy (non-hydrogen) atoms. The smallest absolute Gasteiger partial charge is 0.336 e. The van der Waals surface area contributed by atoms with Gasteiger partial charge in [0.05, 0.1) is 11.3 Å². The van der Waals surface area contributed by atoms with Crippen LogP contribution < -0.4 is 5.32 Å². The van der Waals surface area contributed by atoms with Gasteiger partial charge in [-0.25, -0.2) is 4.79 Å². The molecule has 0 spiro atoms. The zero-order chi connectivity index (χ0) is 15.4. The highest BCUT2D eigenvalue weighted by molar-refractivity contribution is 9.10. The molecule has 1 aromatic heterocycles. The van der Waals surface area contributed by atoms with Crippen molar-refractivity contribution in [3.05, 3.63) is 40.1 Å². The number of halogens is 1. The van der Waals surface area contributed by atoms with Gasteiger partial charge in [0.15, 0.2) is 5.82 Å². The molecule has 0 atom stereocenters. The second-order valence-electron chi connectivity index (χ2n) is 4.11. The normalized spacial score (nSPS) is 10.4. The summed E-state index contributed by atoms with van der Waals surface area (Å²) in [7, 11) is 0. The molecule has 0 fully saturated rings. The number of carboxylic acid groups (broad SMARTS) is 1. The lowest BCUT2D eigenvalue weighted by Gasteiger charge is -2.04. The number of amides is 1. The number of aromatic nitrogens is 1. The van der Waals surface area contributed by atoms with Crippen LogP contribution >= 0.6 is 27.7 Å². The summed E-state index contributed by atoms with van der Waals surface area (Å²) in [5.41, 5.74) is 0.160. The van der Waals surface area contributed by atoms with E-state index in [-0.39, 0.29) is 17.2 Å². The summed E-state index contributed by atoms with van der Waals surface area (Å²) < 4.78 is 5.34. The number of rotatable bonds is 5. The van der Waals surface area contributed by atoms with Gasteiger partial charge in [0.25, 0.3) is 0 Å². The summed E-state index contributed by atoms with van der Waals surface area (Å²) in [4.78, 5) is 23.5. The Morgan fingerprint density at radius 1 is 1.43 bits per heavy atom. The highest BCUT2D eigenvalue weighted by atomic mass is 79.9. The molecule has 2 rings (SSSR count). The maximum Gasteiger partial charge on any atom is 0.336 e. The Morgan fingerprint density at radius 3 is 2.81 bits per heavy atom. The van der Waals surface area contributed by atoms with Crippen molar-refractivity contribution in [2.24, 2.45) is 0 Å². The standard InChI is InChI=1S/C13H11BrN2O4S/c1-7-4-11(16-20-7)15-12(17)6-21-8-2-3-10(14)9(5-8)13(18)19/h2-5H,6H2,1H3,(H,18,19)(H,15,16,17). The van der Waals surface area contributed by atoms with Gasteiger partial charge >= 0.3 is 5.97 Å². The quantitative estimate of drug-likeness (QED) is 0.785. The van der Waals surface area contributed by atoms with Crippen molar-refractivity contribution in [3.63, 3.8) is 0 Å². The monoisotopic (exact) mass is 370 g/mol. The topological polar surface area (TPSA) is 92.4 Å². The van der Waals surface area contributed by atoms with Crippen molar-refractivity contribution in [2.75, 3.05) is 11.1 Å². The SMILES string of the molecule is Cc1cc(NC(=O)CSc2ccc(Br)c(C(=O)O)c2)no1. The Hall–Kier alpha value is -1.80. The van der Waals surface area contributed by atoms with Gasteiger partial charge in [-0.3, -0.25) is 4.79 Å². The van der Waals surface area contributed by atoms with Gasteiger partial charge in [0.1, 0.15) is 5.76 Å². The molecule has 1 aromatic carbocycles. The van der Waals surface area contributed by atoms with Crippen molar-refractivity contribution in [1.82, 2.24) is 5.16 Å². The van der Waals surface area contributed by atoms with Crippen LogP contribution in [0.5, 0.6) is 0 Å². The minimum Gasteiger partial charge on any atom is -0.478 e. The van der Waals surface area contributed by atoms with Gasteiger partial charge < -0.3 is 14.9 Å². The highest BCUT2D eigenvalue weighted by Gasteiger charge is 2.11. The Bertz CT molecular complexity index is 687. The molecule has 6 nitrogen and oxygen atoms in total. The van der Waals surface area contributed by atoms with E-state index < -0.39 is 5.97 Å². The zero-order valence-corrected chi connectivity index (χ0v) is 13.3. The molecular weight excluding hydrogens is 360 g/mol. The van der Waals surface area contributed by atoms with Crippen LogP contribution in [0.4, 0.5) is 5.82 Å². The predicted octanol–water partition coefficient (Wildman–Crippen LogP) is 3.17. The third-order valence-corrected chi connectivity index (χ3v) is 4.12. The van der Waals surface area contributed by atoms with Gasteiger partial charge in [0, 0.05) is 15.4 Å². The molecule has 1 amide bonds. The van der Waals surface area contributed by atoms with Crippen LogP contribution in [-0.4, -0.2) is 27.9 Å². The molecule has 0 saturated heterocycles. The minimum absolute atomic E-state index is 0.145. The number of aryl methyl sites for hydroxylation is 1. The van der Waals surface area contributed by atoms with E-state index in [4.69, 9.17) is 9.63 Å².